The van der Waals surface area contributed by atoms with Crippen molar-refractivity contribution < 1.29 is 4.74 Å². The summed E-state index contributed by atoms with van der Waals surface area (Å²) in [5.74, 6) is 3.67. The summed E-state index contributed by atoms with van der Waals surface area (Å²) in [5.41, 5.74) is 2.87. The maximum atomic E-state index is 5.66. The molecule has 1 aromatic rings. The van der Waals surface area contributed by atoms with Gasteiger partial charge < -0.3 is 4.74 Å². The SMILES string of the molecule is C/C=C/[C@H]1CC[C@H](CCC2CCC(c3ccc(COCCC)cc3)CC2)CC1. The predicted octanol–water partition coefficient (Wildman–Crippen LogP) is 8.05. The maximum absolute atomic E-state index is 5.66. The molecule has 1 heteroatoms. The third kappa shape index (κ3) is 6.76. The van der Waals surface area contributed by atoms with Crippen LogP contribution in [0.5, 0.6) is 0 Å². The molecule has 28 heavy (non-hydrogen) atoms. The lowest BCUT2D eigenvalue weighted by Crippen LogP contribution is -2.17. The highest BCUT2D eigenvalue weighted by atomic mass is 16.5. The molecule has 0 atom stereocenters. The lowest BCUT2D eigenvalue weighted by atomic mass is 9.74. The van der Waals surface area contributed by atoms with Gasteiger partial charge in [0.1, 0.15) is 0 Å². The van der Waals surface area contributed by atoms with Gasteiger partial charge in [-0.3, -0.25) is 0 Å². The van der Waals surface area contributed by atoms with Crippen LogP contribution in [0.15, 0.2) is 36.4 Å². The number of allylic oxidation sites excluding steroid dienone is 2. The van der Waals surface area contributed by atoms with E-state index in [1.54, 1.807) is 5.56 Å². The first kappa shape index (κ1) is 21.6. The van der Waals surface area contributed by atoms with Gasteiger partial charge in [0.25, 0.3) is 0 Å². The van der Waals surface area contributed by atoms with Crippen molar-refractivity contribution in [2.75, 3.05) is 6.61 Å². The average Bonchev–Trinajstić information content (AvgIpc) is 2.75. The molecule has 0 heterocycles. The Balaban J connectivity index is 1.34. The number of rotatable bonds is 9. The molecule has 1 nitrogen and oxygen atoms in total. The van der Waals surface area contributed by atoms with Crippen molar-refractivity contribution in [3.8, 4) is 0 Å². The highest BCUT2D eigenvalue weighted by Gasteiger charge is 2.24. The summed E-state index contributed by atoms with van der Waals surface area (Å²) in [6.45, 7) is 5.95. The van der Waals surface area contributed by atoms with Gasteiger partial charge in [0.2, 0.25) is 0 Å². The molecule has 0 aromatic heterocycles. The highest BCUT2D eigenvalue weighted by Crippen LogP contribution is 2.40. The zero-order chi connectivity index (χ0) is 19.6. The van der Waals surface area contributed by atoms with Gasteiger partial charge in [-0.15, -0.1) is 0 Å². The van der Waals surface area contributed by atoms with Crippen molar-refractivity contribution in [3.05, 3.63) is 47.5 Å². The second kappa shape index (κ2) is 11.8. The Kier molecular flexibility index (Phi) is 9.12. The summed E-state index contributed by atoms with van der Waals surface area (Å²) < 4.78 is 5.66. The van der Waals surface area contributed by atoms with Gasteiger partial charge in [0.15, 0.2) is 0 Å². The van der Waals surface area contributed by atoms with E-state index in [1.165, 1.54) is 69.8 Å². The lowest BCUT2D eigenvalue weighted by Gasteiger charge is -2.31. The quantitative estimate of drug-likeness (QED) is 0.310. The van der Waals surface area contributed by atoms with E-state index in [0.717, 1.165) is 43.3 Å². The van der Waals surface area contributed by atoms with Gasteiger partial charge in [0.05, 0.1) is 6.61 Å². The van der Waals surface area contributed by atoms with Crippen molar-refractivity contribution in [3.63, 3.8) is 0 Å². The Hall–Kier alpha value is -1.08. The van der Waals surface area contributed by atoms with E-state index in [1.807, 2.05) is 0 Å². The zero-order valence-electron chi connectivity index (χ0n) is 18.4. The van der Waals surface area contributed by atoms with Crippen molar-refractivity contribution in [2.45, 2.75) is 97.0 Å². The van der Waals surface area contributed by atoms with E-state index in [-0.39, 0.29) is 0 Å². The van der Waals surface area contributed by atoms with Gasteiger partial charge in [0, 0.05) is 6.61 Å². The van der Waals surface area contributed by atoms with Crippen LogP contribution in [0.4, 0.5) is 0 Å². The minimum atomic E-state index is 0.761. The van der Waals surface area contributed by atoms with Gasteiger partial charge in [-0.25, -0.2) is 0 Å². The molecule has 0 radical (unpaired) electrons. The van der Waals surface area contributed by atoms with Crippen LogP contribution in [0.2, 0.25) is 0 Å². The predicted molar refractivity (Wildman–Crippen MR) is 121 cm³/mol. The third-order valence-corrected chi connectivity index (χ3v) is 7.25. The highest BCUT2D eigenvalue weighted by molar-refractivity contribution is 5.25. The van der Waals surface area contributed by atoms with E-state index < -0.39 is 0 Å². The van der Waals surface area contributed by atoms with E-state index in [9.17, 15) is 0 Å². The van der Waals surface area contributed by atoms with Crippen molar-refractivity contribution in [1.82, 2.24) is 0 Å². The standard InChI is InChI=1S/C27H42O/c1-3-5-22-6-8-23(9-7-22)10-11-24-12-16-26(17-13-24)27-18-14-25(15-19-27)21-28-20-4-2/h3,5,14-15,18-19,22-24,26H,4,6-13,16-17,20-21H2,1-2H3/b5-3+/t22-,23-,24?,26?. The Bertz CT molecular complexity index is 556. The first-order valence-corrected chi connectivity index (χ1v) is 12.1. The van der Waals surface area contributed by atoms with E-state index in [0.29, 0.717) is 0 Å². The fourth-order valence-corrected chi connectivity index (χ4v) is 5.42. The molecule has 2 fully saturated rings. The molecular formula is C27H42O. The summed E-state index contributed by atoms with van der Waals surface area (Å²) in [7, 11) is 0. The van der Waals surface area contributed by atoms with Crippen LogP contribution >= 0.6 is 0 Å². The van der Waals surface area contributed by atoms with Crippen LogP contribution in [0.1, 0.15) is 102 Å². The summed E-state index contributed by atoms with van der Waals surface area (Å²) in [5, 5.41) is 0. The first-order chi connectivity index (χ1) is 13.8. The largest absolute Gasteiger partial charge is 0.377 e. The molecule has 2 saturated carbocycles. The summed E-state index contributed by atoms with van der Waals surface area (Å²) in [6.07, 6.45) is 20.2. The van der Waals surface area contributed by atoms with Gasteiger partial charge in [-0.05, 0) is 99.5 Å². The smallest absolute Gasteiger partial charge is 0.0716 e. The second-order valence-corrected chi connectivity index (χ2v) is 9.40. The number of hydrogen-bond acceptors (Lipinski definition) is 1. The van der Waals surface area contributed by atoms with Gasteiger partial charge in [-0.1, -0.05) is 56.2 Å². The van der Waals surface area contributed by atoms with E-state index >= 15 is 0 Å². The van der Waals surface area contributed by atoms with Crippen molar-refractivity contribution in [1.29, 1.82) is 0 Å². The number of hydrogen-bond donors (Lipinski definition) is 0. The summed E-state index contributed by atoms with van der Waals surface area (Å²) in [6, 6.07) is 9.28. The molecule has 2 aliphatic rings. The van der Waals surface area contributed by atoms with Crippen molar-refractivity contribution in [2.24, 2.45) is 17.8 Å². The fourth-order valence-electron chi connectivity index (χ4n) is 5.42. The van der Waals surface area contributed by atoms with E-state index in [2.05, 4.69) is 50.3 Å². The molecule has 0 N–H and O–H groups in total. The molecule has 156 valence electrons. The lowest BCUT2D eigenvalue weighted by molar-refractivity contribution is 0.121. The average molecular weight is 383 g/mol. The summed E-state index contributed by atoms with van der Waals surface area (Å²) >= 11 is 0. The summed E-state index contributed by atoms with van der Waals surface area (Å²) in [4.78, 5) is 0. The van der Waals surface area contributed by atoms with E-state index in [4.69, 9.17) is 4.74 Å². The van der Waals surface area contributed by atoms with Gasteiger partial charge >= 0.3 is 0 Å². The van der Waals surface area contributed by atoms with Crippen LogP contribution in [0.25, 0.3) is 0 Å². The van der Waals surface area contributed by atoms with Crippen LogP contribution in [0.3, 0.4) is 0 Å². The molecule has 0 spiro atoms. The first-order valence-electron chi connectivity index (χ1n) is 12.1. The van der Waals surface area contributed by atoms with Crippen molar-refractivity contribution >= 4 is 0 Å². The van der Waals surface area contributed by atoms with Crippen LogP contribution in [0, 0.1) is 17.8 Å². The molecule has 2 aliphatic carbocycles. The topological polar surface area (TPSA) is 9.23 Å². The Labute approximate surface area is 174 Å². The molecule has 0 amide bonds. The normalized spacial score (nSPS) is 28.6. The Morgan fingerprint density at radius 3 is 2.04 bits per heavy atom. The molecular weight excluding hydrogens is 340 g/mol. The fraction of sp³-hybridized carbons (Fsp3) is 0.704. The number of benzene rings is 1. The molecule has 0 bridgehead atoms. The maximum Gasteiger partial charge on any atom is 0.0716 e. The van der Waals surface area contributed by atoms with Gasteiger partial charge in [-0.2, -0.15) is 0 Å². The minimum absolute atomic E-state index is 0.761. The minimum Gasteiger partial charge on any atom is -0.377 e. The Morgan fingerprint density at radius 2 is 1.46 bits per heavy atom. The van der Waals surface area contributed by atoms with Crippen LogP contribution in [-0.2, 0) is 11.3 Å². The van der Waals surface area contributed by atoms with Crippen LogP contribution in [-0.4, -0.2) is 6.61 Å². The monoisotopic (exact) mass is 382 g/mol. The Morgan fingerprint density at radius 1 is 0.857 bits per heavy atom. The molecule has 3 rings (SSSR count). The molecule has 0 aliphatic heterocycles. The molecule has 0 saturated heterocycles. The van der Waals surface area contributed by atoms with Crippen LogP contribution < -0.4 is 0 Å². The zero-order valence-corrected chi connectivity index (χ0v) is 18.4. The third-order valence-electron chi connectivity index (χ3n) is 7.25. The molecule has 0 unspecified atom stereocenters. The second-order valence-electron chi connectivity index (χ2n) is 9.40. The number of ether oxygens (including phenoxy) is 1. The molecule has 1 aromatic carbocycles.